The summed E-state index contributed by atoms with van der Waals surface area (Å²) in [5, 5.41) is 21.7. The fraction of sp³-hybridized carbons (Fsp3) is 0.250. The van der Waals surface area contributed by atoms with Crippen LogP contribution in [0.1, 0.15) is 29.0 Å². The summed E-state index contributed by atoms with van der Waals surface area (Å²) in [5.74, 6) is -5.45. The molecule has 0 saturated carbocycles. The molecule has 1 aliphatic rings. The zero-order valence-corrected chi connectivity index (χ0v) is 14.9. The van der Waals surface area contributed by atoms with Crippen molar-refractivity contribution in [3.63, 3.8) is 0 Å². The van der Waals surface area contributed by atoms with Gasteiger partial charge in [0.05, 0.1) is 11.5 Å². The average Bonchev–Trinajstić information content (AvgIpc) is 2.66. The molecular weight excluding hydrogens is 391 g/mol. The van der Waals surface area contributed by atoms with Crippen LogP contribution in [0, 0.1) is 5.41 Å². The Hall–Kier alpha value is -3.36. The number of fused-ring (bicyclic) bond motifs is 1. The predicted octanol–water partition coefficient (Wildman–Crippen LogP) is 3.53. The first-order valence-corrected chi connectivity index (χ1v) is 8.57. The topological polar surface area (TPSA) is 104 Å². The number of alkyl halides is 3. The Kier molecular flexibility index (Phi) is 5.08. The Balaban J connectivity index is 2.10. The monoisotopic (exact) mass is 407 g/mol. The molecule has 0 fully saturated rings. The maximum Gasteiger partial charge on any atom is 0.416 e. The van der Waals surface area contributed by atoms with E-state index in [1.165, 1.54) is 0 Å². The van der Waals surface area contributed by atoms with E-state index in [9.17, 15) is 37.8 Å². The molecule has 3 N–H and O–H groups in total. The van der Waals surface area contributed by atoms with Gasteiger partial charge >= 0.3 is 18.1 Å². The number of amides is 1. The summed E-state index contributed by atoms with van der Waals surface area (Å²) in [7, 11) is 0. The molecule has 1 atom stereocenters. The summed E-state index contributed by atoms with van der Waals surface area (Å²) in [5.41, 5.74) is -2.89. The van der Waals surface area contributed by atoms with E-state index in [1.807, 2.05) is 0 Å². The first-order valence-electron chi connectivity index (χ1n) is 8.57. The molecule has 3 rings (SSSR count). The zero-order valence-electron chi connectivity index (χ0n) is 14.9. The van der Waals surface area contributed by atoms with Crippen LogP contribution in [0.3, 0.4) is 0 Å². The van der Waals surface area contributed by atoms with Gasteiger partial charge in [-0.1, -0.05) is 24.3 Å². The minimum absolute atomic E-state index is 0.0219. The molecule has 6 nitrogen and oxygen atoms in total. The molecule has 2 aromatic rings. The van der Waals surface area contributed by atoms with Gasteiger partial charge in [0.1, 0.15) is 0 Å². The number of carbonyl (C=O) groups is 3. The van der Waals surface area contributed by atoms with Crippen molar-refractivity contribution in [2.75, 3.05) is 5.32 Å². The number of para-hydroxylation sites is 1. The van der Waals surface area contributed by atoms with Crippen LogP contribution in [-0.2, 0) is 27.0 Å². The summed E-state index contributed by atoms with van der Waals surface area (Å²) in [6.45, 7) is 0. The second kappa shape index (κ2) is 7.23. The molecule has 1 aliphatic carbocycles. The molecule has 2 aromatic carbocycles. The summed E-state index contributed by atoms with van der Waals surface area (Å²) < 4.78 is 39.5. The molecule has 0 aromatic heterocycles. The van der Waals surface area contributed by atoms with Gasteiger partial charge in [-0.15, -0.1) is 0 Å². The SMILES string of the molecule is O=C(Nc1ccccc1)C1CC(C(=O)O)(C(=O)O)Cc2ccc(C(F)(F)F)cc21. The van der Waals surface area contributed by atoms with E-state index in [1.54, 1.807) is 30.3 Å². The molecule has 0 heterocycles. The molecule has 0 radical (unpaired) electrons. The highest BCUT2D eigenvalue weighted by atomic mass is 19.4. The van der Waals surface area contributed by atoms with E-state index in [0.717, 1.165) is 18.2 Å². The first-order chi connectivity index (χ1) is 13.5. The highest BCUT2D eigenvalue weighted by Crippen LogP contribution is 2.45. The van der Waals surface area contributed by atoms with Crippen LogP contribution in [0.5, 0.6) is 0 Å². The number of aliphatic carboxylic acids is 2. The van der Waals surface area contributed by atoms with Crippen molar-refractivity contribution in [1.82, 2.24) is 0 Å². The van der Waals surface area contributed by atoms with Crippen molar-refractivity contribution in [3.05, 3.63) is 65.2 Å². The highest BCUT2D eigenvalue weighted by molar-refractivity contribution is 6.02. The van der Waals surface area contributed by atoms with Crippen molar-refractivity contribution < 1.29 is 37.8 Å². The number of carboxylic acids is 2. The summed E-state index contributed by atoms with van der Waals surface area (Å²) in [6.07, 6.45) is -5.84. The number of hydrogen-bond acceptors (Lipinski definition) is 3. The van der Waals surface area contributed by atoms with E-state index in [0.29, 0.717) is 5.69 Å². The molecule has 9 heteroatoms. The molecule has 29 heavy (non-hydrogen) atoms. The fourth-order valence-corrected chi connectivity index (χ4v) is 3.51. The lowest BCUT2D eigenvalue weighted by Crippen LogP contribution is -2.47. The first kappa shape index (κ1) is 20.4. The van der Waals surface area contributed by atoms with Gasteiger partial charge in [-0.2, -0.15) is 13.2 Å². The van der Waals surface area contributed by atoms with Crippen LogP contribution >= 0.6 is 0 Å². The number of halogens is 3. The number of rotatable bonds is 4. The van der Waals surface area contributed by atoms with Gasteiger partial charge < -0.3 is 15.5 Å². The maximum absolute atomic E-state index is 13.2. The Morgan fingerprint density at radius 2 is 1.62 bits per heavy atom. The fourth-order valence-electron chi connectivity index (χ4n) is 3.51. The Morgan fingerprint density at radius 3 is 2.17 bits per heavy atom. The third-order valence-corrected chi connectivity index (χ3v) is 5.07. The van der Waals surface area contributed by atoms with Crippen molar-refractivity contribution >= 4 is 23.5 Å². The van der Waals surface area contributed by atoms with Crippen molar-refractivity contribution in [1.29, 1.82) is 0 Å². The van der Waals surface area contributed by atoms with Crippen molar-refractivity contribution in [2.45, 2.75) is 24.9 Å². The Labute approximate surface area is 163 Å². The smallest absolute Gasteiger partial charge is 0.416 e. The van der Waals surface area contributed by atoms with Crippen LogP contribution in [0.25, 0.3) is 0 Å². The van der Waals surface area contributed by atoms with Crippen molar-refractivity contribution in [2.24, 2.45) is 5.41 Å². The lowest BCUT2D eigenvalue weighted by molar-refractivity contribution is -0.166. The molecule has 0 spiro atoms. The lowest BCUT2D eigenvalue weighted by atomic mass is 9.66. The molecule has 0 aliphatic heterocycles. The van der Waals surface area contributed by atoms with Crippen molar-refractivity contribution in [3.8, 4) is 0 Å². The highest BCUT2D eigenvalue weighted by Gasteiger charge is 2.53. The third kappa shape index (κ3) is 3.80. The Bertz CT molecular complexity index is 958. The molecule has 0 bridgehead atoms. The zero-order chi connectivity index (χ0) is 21.4. The number of anilines is 1. The molecule has 1 amide bonds. The van der Waals surface area contributed by atoms with E-state index in [-0.39, 0.29) is 11.1 Å². The minimum Gasteiger partial charge on any atom is -0.480 e. The number of hydrogen-bond donors (Lipinski definition) is 3. The van der Waals surface area contributed by atoms with Gasteiger partial charge in [0.25, 0.3) is 0 Å². The largest absolute Gasteiger partial charge is 0.480 e. The van der Waals surface area contributed by atoms with Gasteiger partial charge in [-0.3, -0.25) is 14.4 Å². The minimum atomic E-state index is -4.66. The van der Waals surface area contributed by atoms with E-state index < -0.39 is 53.8 Å². The van der Waals surface area contributed by atoms with Gasteiger partial charge in [0.2, 0.25) is 5.91 Å². The average molecular weight is 407 g/mol. The van der Waals surface area contributed by atoms with E-state index >= 15 is 0 Å². The summed E-state index contributed by atoms with van der Waals surface area (Å²) in [6, 6.07) is 10.6. The van der Waals surface area contributed by atoms with E-state index in [2.05, 4.69) is 5.32 Å². The molecule has 0 saturated heterocycles. The van der Waals surface area contributed by atoms with Gasteiger partial charge in [-0.05, 0) is 48.2 Å². The number of carboxylic acid groups (broad SMARTS) is 2. The molecule has 152 valence electrons. The summed E-state index contributed by atoms with van der Waals surface area (Å²) >= 11 is 0. The lowest BCUT2D eigenvalue weighted by Gasteiger charge is -2.35. The van der Waals surface area contributed by atoms with Gasteiger partial charge in [0, 0.05) is 5.69 Å². The van der Waals surface area contributed by atoms with Crippen LogP contribution in [-0.4, -0.2) is 28.1 Å². The maximum atomic E-state index is 13.2. The number of benzene rings is 2. The standard InChI is InChI=1S/C20H16F3NO5/c21-20(22,23)12-7-6-11-9-19(17(26)27,18(28)29)10-15(14(11)8-12)16(25)24-13-4-2-1-3-5-13/h1-8,15H,9-10H2,(H,24,25)(H,26,27)(H,28,29). The van der Waals surface area contributed by atoms with Gasteiger partial charge in [-0.25, -0.2) is 0 Å². The second-order valence-electron chi connectivity index (χ2n) is 6.89. The van der Waals surface area contributed by atoms with Crippen LogP contribution in [0.4, 0.5) is 18.9 Å². The van der Waals surface area contributed by atoms with E-state index in [4.69, 9.17) is 0 Å². The quantitative estimate of drug-likeness (QED) is 0.673. The Morgan fingerprint density at radius 1 is 1.00 bits per heavy atom. The second-order valence-corrected chi connectivity index (χ2v) is 6.89. The normalized spacial score (nSPS) is 17.8. The van der Waals surface area contributed by atoms with Crippen LogP contribution < -0.4 is 5.32 Å². The van der Waals surface area contributed by atoms with Crippen LogP contribution in [0.2, 0.25) is 0 Å². The third-order valence-electron chi connectivity index (χ3n) is 5.07. The molecule has 1 unspecified atom stereocenters. The number of carbonyl (C=O) groups excluding carboxylic acids is 1. The van der Waals surface area contributed by atoms with Crippen LogP contribution in [0.15, 0.2) is 48.5 Å². The number of nitrogens with one attached hydrogen (secondary N) is 1. The molecular formula is C20H16F3NO5. The van der Waals surface area contributed by atoms with Gasteiger partial charge in [0.15, 0.2) is 5.41 Å². The summed E-state index contributed by atoms with van der Waals surface area (Å²) in [4.78, 5) is 36.4. The predicted molar refractivity (Wildman–Crippen MR) is 95.3 cm³/mol.